The van der Waals surface area contributed by atoms with Gasteiger partial charge in [-0.15, -0.1) is 11.3 Å². The van der Waals surface area contributed by atoms with E-state index in [-0.39, 0.29) is 17.9 Å². The molecule has 166 valence electrons. The number of rotatable bonds is 7. The zero-order chi connectivity index (χ0) is 23.2. The van der Waals surface area contributed by atoms with Gasteiger partial charge in [0.05, 0.1) is 11.7 Å². The number of anilines is 1. The molecule has 0 aliphatic carbocycles. The summed E-state index contributed by atoms with van der Waals surface area (Å²) in [5.74, 6) is -0.266. The predicted molar refractivity (Wildman–Crippen MR) is 133 cm³/mol. The van der Waals surface area contributed by atoms with Crippen LogP contribution < -0.4 is 10.6 Å². The van der Waals surface area contributed by atoms with Gasteiger partial charge in [0.2, 0.25) is 5.91 Å². The Morgan fingerprint density at radius 1 is 1.00 bits per heavy atom. The fourth-order valence-corrected chi connectivity index (χ4v) is 4.65. The minimum Gasteiger partial charge on any atom is -0.350 e. The van der Waals surface area contributed by atoms with Crippen LogP contribution in [0.1, 0.15) is 35.8 Å². The first-order valence-electron chi connectivity index (χ1n) is 10.3. The topological polar surface area (TPSA) is 84.0 Å². The summed E-state index contributed by atoms with van der Waals surface area (Å²) >= 11 is 2.92. The summed E-state index contributed by atoms with van der Waals surface area (Å²) in [6.07, 6.45) is 1.76. The molecule has 4 rings (SSSR count). The molecule has 33 heavy (non-hydrogen) atoms. The second-order valence-corrected chi connectivity index (χ2v) is 9.28. The lowest BCUT2D eigenvalue weighted by Gasteiger charge is -2.13. The Hall–Kier alpha value is -3.49. The van der Waals surface area contributed by atoms with Gasteiger partial charge >= 0.3 is 0 Å². The quantitative estimate of drug-likeness (QED) is 0.353. The number of thiazole rings is 1. The number of nitrogens with zero attached hydrogens (tertiary/aromatic N) is 2. The predicted octanol–water partition coefficient (Wildman–Crippen LogP) is 5.81. The molecule has 0 saturated carbocycles. The minimum atomic E-state index is -0.204. The smallest absolute Gasteiger partial charge is 0.257 e. The Kier molecular flexibility index (Phi) is 7.16. The highest BCUT2D eigenvalue weighted by Gasteiger charge is 2.12. The van der Waals surface area contributed by atoms with E-state index in [4.69, 9.17) is 0 Å². The summed E-state index contributed by atoms with van der Waals surface area (Å²) < 4.78 is 0. The molecule has 1 atom stereocenters. The lowest BCUT2D eigenvalue weighted by Crippen LogP contribution is -2.23. The van der Waals surface area contributed by atoms with E-state index in [1.807, 2.05) is 66.9 Å². The fourth-order valence-electron chi connectivity index (χ4n) is 3.17. The molecular weight excluding hydrogens is 452 g/mol. The third-order valence-corrected chi connectivity index (χ3v) is 6.54. The summed E-state index contributed by atoms with van der Waals surface area (Å²) in [4.78, 5) is 33.7. The molecule has 0 aliphatic rings. The monoisotopic (exact) mass is 474 g/mol. The van der Waals surface area contributed by atoms with Crippen molar-refractivity contribution in [1.29, 1.82) is 0 Å². The van der Waals surface area contributed by atoms with E-state index >= 15 is 0 Å². The van der Waals surface area contributed by atoms with Crippen LogP contribution in [0.15, 0.2) is 88.2 Å². The maximum absolute atomic E-state index is 12.6. The highest BCUT2D eigenvalue weighted by Crippen LogP contribution is 2.28. The van der Waals surface area contributed by atoms with E-state index in [0.29, 0.717) is 10.7 Å². The lowest BCUT2D eigenvalue weighted by molar-refractivity contribution is -0.119. The molecule has 0 radical (unpaired) electrons. The highest BCUT2D eigenvalue weighted by atomic mass is 32.2. The molecule has 6 nitrogen and oxygen atoms in total. The van der Waals surface area contributed by atoms with Gasteiger partial charge in [0.1, 0.15) is 5.03 Å². The van der Waals surface area contributed by atoms with E-state index < -0.39 is 0 Å². The maximum Gasteiger partial charge on any atom is 0.257 e. The molecule has 1 unspecified atom stereocenters. The number of nitrogens with one attached hydrogen (secondary N) is 2. The molecule has 2 N–H and O–H groups in total. The second-order valence-electron chi connectivity index (χ2n) is 7.33. The number of hydrogen-bond acceptors (Lipinski definition) is 6. The number of benzene rings is 2. The normalized spacial score (nSPS) is 11.6. The van der Waals surface area contributed by atoms with Gasteiger partial charge < -0.3 is 5.32 Å². The van der Waals surface area contributed by atoms with Crippen LogP contribution in [0, 0.1) is 0 Å². The molecule has 4 aromatic rings. The van der Waals surface area contributed by atoms with Gasteiger partial charge in [-0.05, 0) is 48.9 Å². The van der Waals surface area contributed by atoms with Crippen molar-refractivity contribution in [2.75, 3.05) is 5.32 Å². The van der Waals surface area contributed by atoms with Crippen LogP contribution in [-0.4, -0.2) is 21.8 Å². The molecule has 0 spiro atoms. The van der Waals surface area contributed by atoms with E-state index in [2.05, 4.69) is 20.6 Å². The first kappa shape index (κ1) is 22.7. The molecule has 2 amide bonds. The molecule has 2 heterocycles. The van der Waals surface area contributed by atoms with Crippen LogP contribution >= 0.6 is 23.1 Å². The van der Waals surface area contributed by atoms with Gasteiger partial charge in [0.15, 0.2) is 5.13 Å². The van der Waals surface area contributed by atoms with Crippen molar-refractivity contribution in [3.8, 4) is 11.3 Å². The number of carbonyl (C=O) groups is 2. The minimum absolute atomic E-state index is 0.0597. The molecule has 2 aromatic carbocycles. The third-order valence-electron chi connectivity index (χ3n) is 4.83. The van der Waals surface area contributed by atoms with Crippen molar-refractivity contribution >= 4 is 40.0 Å². The highest BCUT2D eigenvalue weighted by molar-refractivity contribution is 7.99. The average Bonchev–Trinajstić information content (AvgIpc) is 3.28. The largest absolute Gasteiger partial charge is 0.350 e. The average molecular weight is 475 g/mol. The summed E-state index contributed by atoms with van der Waals surface area (Å²) in [7, 11) is 0. The van der Waals surface area contributed by atoms with Crippen LogP contribution in [0.25, 0.3) is 11.3 Å². The molecule has 2 aromatic heterocycles. The van der Waals surface area contributed by atoms with Crippen LogP contribution in [0.5, 0.6) is 0 Å². The maximum atomic E-state index is 12.6. The first-order chi connectivity index (χ1) is 16.0. The van der Waals surface area contributed by atoms with Crippen molar-refractivity contribution in [1.82, 2.24) is 15.3 Å². The molecule has 0 fully saturated rings. The van der Waals surface area contributed by atoms with Crippen molar-refractivity contribution in [2.24, 2.45) is 0 Å². The Balaban J connectivity index is 1.38. The zero-order valence-electron chi connectivity index (χ0n) is 18.1. The fraction of sp³-hybridized carbons (Fsp3) is 0.120. The van der Waals surface area contributed by atoms with Gasteiger partial charge in [-0.3, -0.25) is 14.9 Å². The number of amides is 2. The number of pyridine rings is 1. The lowest BCUT2D eigenvalue weighted by atomic mass is 10.1. The van der Waals surface area contributed by atoms with E-state index in [1.165, 1.54) is 18.3 Å². The van der Waals surface area contributed by atoms with Gasteiger partial charge in [-0.25, -0.2) is 9.97 Å². The van der Waals surface area contributed by atoms with Gasteiger partial charge in [-0.1, -0.05) is 42.1 Å². The van der Waals surface area contributed by atoms with E-state index in [0.717, 1.165) is 26.7 Å². The van der Waals surface area contributed by atoms with Crippen LogP contribution in [0.4, 0.5) is 5.13 Å². The van der Waals surface area contributed by atoms with E-state index in [1.54, 1.807) is 30.1 Å². The van der Waals surface area contributed by atoms with Crippen molar-refractivity contribution in [3.63, 3.8) is 0 Å². The Bertz CT molecular complexity index is 1240. The van der Waals surface area contributed by atoms with Crippen LogP contribution in [0.2, 0.25) is 0 Å². The molecular formula is C25H22N4O2S2. The molecule has 0 aliphatic heterocycles. The summed E-state index contributed by atoms with van der Waals surface area (Å²) in [5, 5.41) is 9.10. The summed E-state index contributed by atoms with van der Waals surface area (Å²) in [6, 6.07) is 21.0. The Morgan fingerprint density at radius 3 is 2.42 bits per heavy atom. The van der Waals surface area contributed by atoms with Crippen molar-refractivity contribution in [3.05, 3.63) is 89.4 Å². The first-order valence-corrected chi connectivity index (χ1v) is 12.0. The molecule has 0 saturated heterocycles. The molecule has 0 bridgehead atoms. The van der Waals surface area contributed by atoms with Crippen molar-refractivity contribution in [2.45, 2.75) is 29.8 Å². The number of aromatic nitrogens is 2. The number of hydrogen-bond donors (Lipinski definition) is 2. The van der Waals surface area contributed by atoms with E-state index in [9.17, 15) is 9.59 Å². The molecule has 8 heteroatoms. The van der Waals surface area contributed by atoms with Crippen molar-refractivity contribution < 1.29 is 9.59 Å². The summed E-state index contributed by atoms with van der Waals surface area (Å²) in [6.45, 7) is 3.45. The van der Waals surface area contributed by atoms with Gasteiger partial charge in [0.25, 0.3) is 5.91 Å². The van der Waals surface area contributed by atoms with Crippen LogP contribution in [0.3, 0.4) is 0 Å². The standard InChI is InChI=1S/C25H22N4O2S2/c1-16(27-17(2)30)18-6-8-19(9-7-18)22-15-32-25(28-22)29-24(31)20-10-12-21(13-11-20)33-23-5-3-4-14-26-23/h3-16H,1-2H3,(H,27,30)(H,28,29,31). The zero-order valence-corrected chi connectivity index (χ0v) is 19.7. The number of carbonyl (C=O) groups excluding carboxylic acids is 2. The van der Waals surface area contributed by atoms with Gasteiger partial charge in [0, 0.05) is 34.5 Å². The SMILES string of the molecule is CC(=O)NC(C)c1ccc(-c2csc(NC(=O)c3ccc(Sc4ccccn4)cc3)n2)cc1. The Labute approximate surface area is 200 Å². The third kappa shape index (κ3) is 6.06. The van der Waals surface area contributed by atoms with Gasteiger partial charge in [-0.2, -0.15) is 0 Å². The summed E-state index contributed by atoms with van der Waals surface area (Å²) in [5.41, 5.74) is 3.31. The Morgan fingerprint density at radius 2 is 1.76 bits per heavy atom. The van der Waals surface area contributed by atoms with Crippen LogP contribution in [-0.2, 0) is 4.79 Å². The second kappa shape index (κ2) is 10.4.